The van der Waals surface area contributed by atoms with Crippen LogP contribution < -0.4 is 5.73 Å². The molecule has 1 aliphatic rings. The van der Waals surface area contributed by atoms with Crippen molar-refractivity contribution < 1.29 is 4.79 Å². The molecule has 4 nitrogen and oxygen atoms in total. The van der Waals surface area contributed by atoms with E-state index in [-0.39, 0.29) is 18.3 Å². The summed E-state index contributed by atoms with van der Waals surface area (Å²) in [5.74, 6) is 0.103. The van der Waals surface area contributed by atoms with Crippen LogP contribution in [0.4, 0.5) is 0 Å². The summed E-state index contributed by atoms with van der Waals surface area (Å²) in [4.78, 5) is 18.5. The zero-order valence-electron chi connectivity index (χ0n) is 12.0. The number of carbonyl (C=O) groups excluding carboxylic acids is 1. The van der Waals surface area contributed by atoms with Crippen LogP contribution in [0, 0.1) is 0 Å². The van der Waals surface area contributed by atoms with Gasteiger partial charge in [-0.2, -0.15) is 0 Å². The highest BCUT2D eigenvalue weighted by Crippen LogP contribution is 2.28. The number of likely N-dealkylation sites (N-methyl/N-ethyl adjacent to an activating group) is 1. The summed E-state index contributed by atoms with van der Waals surface area (Å²) in [5.41, 5.74) is 6.79. The first-order valence-corrected chi connectivity index (χ1v) is 7.13. The largest absolute Gasteiger partial charge is 0.337 e. The summed E-state index contributed by atoms with van der Waals surface area (Å²) in [6, 6.07) is 3.89. The minimum absolute atomic E-state index is 0. The number of nitrogens with two attached hydrogens (primary N) is 1. The van der Waals surface area contributed by atoms with E-state index in [1.54, 1.807) is 12.4 Å². The van der Waals surface area contributed by atoms with Gasteiger partial charge in [-0.3, -0.25) is 9.78 Å². The summed E-state index contributed by atoms with van der Waals surface area (Å²) >= 11 is 0. The second kappa shape index (κ2) is 7.60. The third kappa shape index (κ3) is 3.93. The maximum absolute atomic E-state index is 12.6. The number of rotatable bonds is 4. The summed E-state index contributed by atoms with van der Waals surface area (Å²) in [7, 11) is 0. The Kier molecular flexibility index (Phi) is 6.43. The van der Waals surface area contributed by atoms with Gasteiger partial charge >= 0.3 is 0 Å². The Bertz CT molecular complexity index is 418. The van der Waals surface area contributed by atoms with Gasteiger partial charge < -0.3 is 10.6 Å². The molecule has 0 aromatic carbocycles. The molecule has 0 spiro atoms. The lowest BCUT2D eigenvalue weighted by Gasteiger charge is -2.36. The number of hydrogen-bond acceptors (Lipinski definition) is 3. The van der Waals surface area contributed by atoms with Gasteiger partial charge in [0.2, 0.25) is 5.91 Å². The molecule has 0 atom stereocenters. The van der Waals surface area contributed by atoms with E-state index in [0.717, 1.165) is 31.2 Å². The fraction of sp³-hybridized carbons (Fsp3) is 0.600. The molecule has 1 amide bonds. The molecule has 1 saturated carbocycles. The van der Waals surface area contributed by atoms with Crippen molar-refractivity contribution in [2.24, 2.45) is 5.73 Å². The molecule has 0 aliphatic heterocycles. The van der Waals surface area contributed by atoms with Crippen LogP contribution in [0.2, 0.25) is 0 Å². The van der Waals surface area contributed by atoms with Crippen LogP contribution in [0.3, 0.4) is 0 Å². The van der Waals surface area contributed by atoms with Crippen LogP contribution >= 0.6 is 12.4 Å². The molecule has 0 unspecified atom stereocenters. The standard InChI is InChI=1S/C15H23N3O.ClH/c1-2-18(12-13-6-10-17-11-7-13)14(19)15(16)8-4-3-5-9-15;/h6-7,10-11H,2-5,8-9,12,16H2,1H3;1H. The van der Waals surface area contributed by atoms with E-state index >= 15 is 0 Å². The number of nitrogens with zero attached hydrogens (tertiary/aromatic N) is 2. The Morgan fingerprint density at radius 2 is 1.90 bits per heavy atom. The maximum Gasteiger partial charge on any atom is 0.242 e. The number of pyridine rings is 1. The smallest absolute Gasteiger partial charge is 0.242 e. The average molecular weight is 298 g/mol. The Balaban J connectivity index is 0.00000200. The van der Waals surface area contributed by atoms with Crippen molar-refractivity contribution in [3.63, 3.8) is 0 Å². The molecule has 1 aromatic rings. The predicted molar refractivity (Wildman–Crippen MR) is 82.6 cm³/mol. The third-order valence-corrected chi connectivity index (χ3v) is 3.96. The molecule has 2 rings (SSSR count). The van der Waals surface area contributed by atoms with Crippen molar-refractivity contribution >= 4 is 18.3 Å². The fourth-order valence-corrected chi connectivity index (χ4v) is 2.75. The molecule has 1 heterocycles. The third-order valence-electron chi connectivity index (χ3n) is 3.96. The molecule has 2 N–H and O–H groups in total. The van der Waals surface area contributed by atoms with E-state index in [9.17, 15) is 4.79 Å². The van der Waals surface area contributed by atoms with Gasteiger partial charge in [0.25, 0.3) is 0 Å². The molecular weight excluding hydrogens is 274 g/mol. The van der Waals surface area contributed by atoms with Crippen molar-refractivity contribution in [1.29, 1.82) is 0 Å². The minimum atomic E-state index is -0.638. The molecule has 0 bridgehead atoms. The van der Waals surface area contributed by atoms with Crippen LogP contribution in [0.15, 0.2) is 24.5 Å². The van der Waals surface area contributed by atoms with E-state index in [4.69, 9.17) is 5.73 Å². The number of amides is 1. The predicted octanol–water partition coefficient (Wildman–Crippen LogP) is 2.51. The molecule has 1 aliphatic carbocycles. The second-order valence-corrected chi connectivity index (χ2v) is 5.39. The number of halogens is 1. The van der Waals surface area contributed by atoms with Crippen LogP contribution in [0.1, 0.15) is 44.6 Å². The monoisotopic (exact) mass is 297 g/mol. The summed E-state index contributed by atoms with van der Waals surface area (Å²) in [5, 5.41) is 0. The normalized spacial score (nSPS) is 17.1. The second-order valence-electron chi connectivity index (χ2n) is 5.39. The average Bonchev–Trinajstić information content (AvgIpc) is 2.46. The van der Waals surface area contributed by atoms with E-state index in [2.05, 4.69) is 4.98 Å². The van der Waals surface area contributed by atoms with Crippen LogP contribution in [0.25, 0.3) is 0 Å². The SMILES string of the molecule is CCN(Cc1ccncc1)C(=O)C1(N)CCCCC1.Cl. The molecule has 1 aromatic heterocycles. The maximum atomic E-state index is 12.6. The Hall–Kier alpha value is -1.13. The molecular formula is C15H24ClN3O. The number of hydrogen-bond donors (Lipinski definition) is 1. The van der Waals surface area contributed by atoms with Crippen molar-refractivity contribution in [3.8, 4) is 0 Å². The lowest BCUT2D eigenvalue weighted by atomic mass is 9.81. The van der Waals surface area contributed by atoms with E-state index < -0.39 is 5.54 Å². The zero-order valence-corrected chi connectivity index (χ0v) is 12.9. The Morgan fingerprint density at radius 1 is 1.30 bits per heavy atom. The van der Waals surface area contributed by atoms with Gasteiger partial charge in [0.15, 0.2) is 0 Å². The first-order valence-electron chi connectivity index (χ1n) is 7.13. The highest BCUT2D eigenvalue weighted by atomic mass is 35.5. The van der Waals surface area contributed by atoms with Crippen molar-refractivity contribution in [3.05, 3.63) is 30.1 Å². The van der Waals surface area contributed by atoms with Gasteiger partial charge in [-0.15, -0.1) is 12.4 Å². The number of aromatic nitrogens is 1. The van der Waals surface area contributed by atoms with Crippen molar-refractivity contribution in [2.45, 2.75) is 51.1 Å². The minimum Gasteiger partial charge on any atom is -0.337 e. The van der Waals surface area contributed by atoms with Gasteiger partial charge in [-0.25, -0.2) is 0 Å². The molecule has 1 fully saturated rings. The molecule has 0 saturated heterocycles. The molecule has 112 valence electrons. The first kappa shape index (κ1) is 16.9. The van der Waals surface area contributed by atoms with Crippen molar-refractivity contribution in [2.75, 3.05) is 6.54 Å². The Morgan fingerprint density at radius 3 is 2.45 bits per heavy atom. The molecule has 0 radical (unpaired) electrons. The topological polar surface area (TPSA) is 59.2 Å². The van der Waals surface area contributed by atoms with Gasteiger partial charge in [-0.05, 0) is 37.5 Å². The van der Waals surface area contributed by atoms with Crippen LogP contribution in [-0.4, -0.2) is 27.9 Å². The first-order chi connectivity index (χ1) is 9.15. The number of carbonyl (C=O) groups is 1. The van der Waals surface area contributed by atoms with Crippen molar-refractivity contribution in [1.82, 2.24) is 9.88 Å². The highest BCUT2D eigenvalue weighted by molar-refractivity contribution is 5.86. The van der Waals surface area contributed by atoms with E-state index in [1.807, 2.05) is 24.0 Å². The van der Waals surface area contributed by atoms with E-state index in [0.29, 0.717) is 13.1 Å². The molecule has 5 heteroatoms. The quantitative estimate of drug-likeness (QED) is 0.929. The van der Waals surface area contributed by atoms with Crippen LogP contribution in [0.5, 0.6) is 0 Å². The van der Waals surface area contributed by atoms with Gasteiger partial charge in [0.05, 0.1) is 5.54 Å². The lowest BCUT2D eigenvalue weighted by molar-refractivity contribution is -0.138. The lowest BCUT2D eigenvalue weighted by Crippen LogP contribution is -2.56. The highest BCUT2D eigenvalue weighted by Gasteiger charge is 2.37. The van der Waals surface area contributed by atoms with Gasteiger partial charge in [0.1, 0.15) is 0 Å². The zero-order chi connectivity index (χ0) is 13.7. The van der Waals surface area contributed by atoms with E-state index in [1.165, 1.54) is 6.42 Å². The van der Waals surface area contributed by atoms with Crippen LogP contribution in [-0.2, 0) is 11.3 Å². The summed E-state index contributed by atoms with van der Waals surface area (Å²) in [6.07, 6.45) is 8.48. The van der Waals surface area contributed by atoms with Gasteiger partial charge in [-0.1, -0.05) is 19.3 Å². The fourth-order valence-electron chi connectivity index (χ4n) is 2.75. The summed E-state index contributed by atoms with van der Waals surface area (Å²) < 4.78 is 0. The summed E-state index contributed by atoms with van der Waals surface area (Å²) in [6.45, 7) is 3.32. The Labute approximate surface area is 127 Å². The molecule has 20 heavy (non-hydrogen) atoms. The van der Waals surface area contributed by atoms with Gasteiger partial charge in [0, 0.05) is 25.5 Å².